The minimum absolute atomic E-state index is 0.00877. The van der Waals surface area contributed by atoms with E-state index in [2.05, 4.69) is 20.9 Å². The average molecular weight is 423 g/mol. The minimum Gasteiger partial charge on any atom is -0.463 e. The Hall–Kier alpha value is -1.60. The van der Waals surface area contributed by atoms with Gasteiger partial charge in [-0.15, -0.1) is 0 Å². The van der Waals surface area contributed by atoms with Gasteiger partial charge in [-0.25, -0.2) is 9.79 Å². The largest absolute Gasteiger partial charge is 0.463 e. The summed E-state index contributed by atoms with van der Waals surface area (Å²) in [4.78, 5) is 31.7. The molecule has 0 bridgehead atoms. The fourth-order valence-corrected chi connectivity index (χ4v) is 4.60. The van der Waals surface area contributed by atoms with Crippen molar-refractivity contribution in [3.63, 3.8) is 0 Å². The SMILES string of the molecule is CCOC(=O)C1=C(C)N=C2S[C@@H](CC)C(=O)N2[C@@H]1c1cccc(Br)c1. The lowest BCUT2D eigenvalue weighted by Crippen LogP contribution is -2.40. The number of carbonyl (C=O) groups is 2. The molecule has 0 unspecified atom stereocenters. The number of hydrogen-bond donors (Lipinski definition) is 0. The molecule has 25 heavy (non-hydrogen) atoms. The van der Waals surface area contributed by atoms with Crippen LogP contribution in [0.5, 0.6) is 0 Å². The number of benzene rings is 1. The number of hydrogen-bond acceptors (Lipinski definition) is 5. The predicted molar refractivity (Wildman–Crippen MR) is 102 cm³/mol. The van der Waals surface area contributed by atoms with E-state index in [-0.39, 0.29) is 17.8 Å². The van der Waals surface area contributed by atoms with E-state index in [1.54, 1.807) is 18.7 Å². The second-order valence-corrected chi connectivity index (χ2v) is 7.88. The average Bonchev–Trinajstić information content (AvgIpc) is 2.89. The van der Waals surface area contributed by atoms with Crippen LogP contribution in [-0.4, -0.2) is 33.8 Å². The summed E-state index contributed by atoms with van der Waals surface area (Å²) in [6.45, 7) is 5.82. The van der Waals surface area contributed by atoms with Gasteiger partial charge in [0.05, 0.1) is 29.2 Å². The van der Waals surface area contributed by atoms with Gasteiger partial charge in [0.1, 0.15) is 0 Å². The number of fused-ring (bicyclic) bond motifs is 1. The molecule has 0 N–H and O–H groups in total. The molecule has 1 aromatic carbocycles. The topological polar surface area (TPSA) is 59.0 Å². The van der Waals surface area contributed by atoms with Crippen molar-refractivity contribution in [3.05, 3.63) is 45.6 Å². The standard InChI is InChI=1S/C18H19BrN2O3S/c1-4-13-16(22)21-15(11-7-6-8-12(19)9-11)14(17(23)24-5-2)10(3)20-18(21)25-13/h6-9,13,15H,4-5H2,1-3H3/t13-,15+/m0/s1. The molecule has 2 heterocycles. The molecule has 132 valence electrons. The highest BCUT2D eigenvalue weighted by Crippen LogP contribution is 2.44. The zero-order valence-electron chi connectivity index (χ0n) is 14.3. The van der Waals surface area contributed by atoms with E-state index in [1.165, 1.54) is 11.8 Å². The molecule has 0 aromatic heterocycles. The number of ether oxygens (including phenoxy) is 1. The van der Waals surface area contributed by atoms with Crippen molar-refractivity contribution in [1.29, 1.82) is 0 Å². The summed E-state index contributed by atoms with van der Waals surface area (Å²) in [6, 6.07) is 7.14. The van der Waals surface area contributed by atoms with Crippen LogP contribution in [0.1, 0.15) is 38.8 Å². The van der Waals surface area contributed by atoms with Gasteiger partial charge in [-0.3, -0.25) is 9.69 Å². The van der Waals surface area contributed by atoms with Crippen LogP contribution in [0, 0.1) is 0 Å². The van der Waals surface area contributed by atoms with Crippen molar-refractivity contribution in [2.24, 2.45) is 4.99 Å². The molecule has 1 fully saturated rings. The number of esters is 1. The Morgan fingerprint density at radius 3 is 2.80 bits per heavy atom. The van der Waals surface area contributed by atoms with Crippen molar-refractivity contribution >= 4 is 44.7 Å². The number of thioether (sulfide) groups is 1. The maximum atomic E-state index is 12.9. The Balaban J connectivity index is 2.15. The Labute approximate surface area is 159 Å². The fourth-order valence-electron chi connectivity index (χ4n) is 3.05. The Bertz CT molecular complexity index is 790. The molecule has 2 aliphatic rings. The van der Waals surface area contributed by atoms with Crippen LogP contribution in [0.15, 0.2) is 45.0 Å². The summed E-state index contributed by atoms with van der Waals surface area (Å²) in [5, 5.41) is 0.495. The van der Waals surface area contributed by atoms with Gasteiger partial charge in [-0.2, -0.15) is 0 Å². The quantitative estimate of drug-likeness (QED) is 0.686. The van der Waals surface area contributed by atoms with E-state index in [0.717, 1.165) is 16.5 Å². The highest BCUT2D eigenvalue weighted by molar-refractivity contribution is 9.10. The van der Waals surface area contributed by atoms with E-state index in [0.29, 0.717) is 16.4 Å². The first-order valence-corrected chi connectivity index (χ1v) is 9.86. The van der Waals surface area contributed by atoms with Crippen molar-refractivity contribution < 1.29 is 14.3 Å². The van der Waals surface area contributed by atoms with Crippen LogP contribution >= 0.6 is 27.7 Å². The maximum Gasteiger partial charge on any atom is 0.338 e. The number of amides is 1. The van der Waals surface area contributed by atoms with Gasteiger partial charge in [0.2, 0.25) is 5.91 Å². The first-order chi connectivity index (χ1) is 12.0. The molecule has 0 aliphatic carbocycles. The Morgan fingerprint density at radius 1 is 1.40 bits per heavy atom. The molecular weight excluding hydrogens is 404 g/mol. The number of carbonyl (C=O) groups excluding carboxylic acids is 2. The molecule has 1 aromatic rings. The van der Waals surface area contributed by atoms with Crippen LogP contribution in [0.25, 0.3) is 0 Å². The Morgan fingerprint density at radius 2 is 2.16 bits per heavy atom. The van der Waals surface area contributed by atoms with Gasteiger partial charge < -0.3 is 4.74 Å². The molecule has 3 rings (SSSR count). The normalized spacial score (nSPS) is 22.8. The molecule has 2 atom stereocenters. The monoisotopic (exact) mass is 422 g/mol. The third kappa shape index (κ3) is 3.27. The molecular formula is C18H19BrN2O3S. The molecule has 1 saturated heterocycles. The maximum absolute atomic E-state index is 12.9. The van der Waals surface area contributed by atoms with Crippen molar-refractivity contribution in [1.82, 2.24) is 4.90 Å². The van der Waals surface area contributed by atoms with Crippen LogP contribution in [0.2, 0.25) is 0 Å². The van der Waals surface area contributed by atoms with Crippen LogP contribution < -0.4 is 0 Å². The van der Waals surface area contributed by atoms with Gasteiger partial charge in [-0.05, 0) is 38.0 Å². The summed E-state index contributed by atoms with van der Waals surface area (Å²) < 4.78 is 6.14. The Kier molecular flexibility index (Phi) is 5.34. The summed E-state index contributed by atoms with van der Waals surface area (Å²) in [7, 11) is 0. The molecule has 2 aliphatic heterocycles. The second-order valence-electron chi connectivity index (χ2n) is 5.79. The molecule has 7 heteroatoms. The first-order valence-electron chi connectivity index (χ1n) is 8.19. The van der Waals surface area contributed by atoms with Crippen LogP contribution in [-0.2, 0) is 14.3 Å². The first kappa shape index (κ1) is 18.2. The minimum atomic E-state index is -0.513. The van der Waals surface area contributed by atoms with Gasteiger partial charge in [0, 0.05) is 4.47 Å². The summed E-state index contributed by atoms with van der Waals surface area (Å²) in [5.74, 6) is -0.434. The molecule has 5 nitrogen and oxygen atoms in total. The smallest absolute Gasteiger partial charge is 0.338 e. The molecule has 0 spiro atoms. The van der Waals surface area contributed by atoms with Gasteiger partial charge in [0.25, 0.3) is 0 Å². The third-order valence-corrected chi connectivity index (χ3v) is 5.99. The lowest BCUT2D eigenvalue weighted by atomic mass is 9.94. The van der Waals surface area contributed by atoms with E-state index in [9.17, 15) is 9.59 Å². The lowest BCUT2D eigenvalue weighted by molar-refractivity contribution is -0.139. The van der Waals surface area contributed by atoms with Crippen LogP contribution in [0.3, 0.4) is 0 Å². The summed E-state index contributed by atoms with van der Waals surface area (Å²) in [5.41, 5.74) is 1.89. The number of halogens is 1. The van der Waals surface area contributed by atoms with Crippen molar-refractivity contribution in [2.45, 2.75) is 38.5 Å². The summed E-state index contributed by atoms with van der Waals surface area (Å²) >= 11 is 4.94. The third-order valence-electron chi connectivity index (χ3n) is 4.18. The number of rotatable bonds is 4. The number of nitrogens with zero attached hydrogens (tertiary/aromatic N) is 2. The molecule has 0 saturated carbocycles. The van der Waals surface area contributed by atoms with Crippen LogP contribution in [0.4, 0.5) is 0 Å². The summed E-state index contributed by atoms with van der Waals surface area (Å²) in [6.07, 6.45) is 0.720. The van der Waals surface area contributed by atoms with Crippen molar-refractivity contribution in [2.75, 3.05) is 6.61 Å². The van der Waals surface area contributed by atoms with E-state index < -0.39 is 12.0 Å². The highest BCUT2D eigenvalue weighted by Gasteiger charge is 2.47. The van der Waals surface area contributed by atoms with Gasteiger partial charge in [-0.1, -0.05) is 46.7 Å². The second kappa shape index (κ2) is 7.33. The molecule has 1 amide bonds. The number of aliphatic imine (C=N–C) groups is 1. The van der Waals surface area contributed by atoms with Crippen molar-refractivity contribution in [3.8, 4) is 0 Å². The zero-order chi connectivity index (χ0) is 18.1. The highest BCUT2D eigenvalue weighted by atomic mass is 79.9. The number of amidine groups is 1. The van der Waals surface area contributed by atoms with E-state index >= 15 is 0 Å². The lowest BCUT2D eigenvalue weighted by Gasteiger charge is -2.33. The predicted octanol–water partition coefficient (Wildman–Crippen LogP) is 4.05. The van der Waals surface area contributed by atoms with E-state index in [4.69, 9.17) is 4.74 Å². The van der Waals surface area contributed by atoms with Gasteiger partial charge >= 0.3 is 5.97 Å². The zero-order valence-corrected chi connectivity index (χ0v) is 16.7. The van der Waals surface area contributed by atoms with Gasteiger partial charge in [0.15, 0.2) is 5.17 Å². The molecule has 0 radical (unpaired) electrons. The number of allylic oxidation sites excluding steroid dienone is 1. The fraction of sp³-hybridized carbons (Fsp3) is 0.389. The van der Waals surface area contributed by atoms with E-state index in [1.807, 2.05) is 31.2 Å².